The Balaban J connectivity index is 2.27. The first-order valence-corrected chi connectivity index (χ1v) is 11.6. The van der Waals surface area contributed by atoms with E-state index in [2.05, 4.69) is 0 Å². The van der Waals surface area contributed by atoms with Crippen molar-refractivity contribution in [3.63, 3.8) is 0 Å². The van der Waals surface area contributed by atoms with Crippen LogP contribution in [0.15, 0.2) is 24.3 Å². The Hall–Kier alpha value is -2.08. The minimum absolute atomic E-state index is 0.0844. The normalized spacial score (nSPS) is 11.2. The molecule has 0 N–H and O–H groups in total. The highest BCUT2D eigenvalue weighted by Gasteiger charge is 2.13. The molecule has 0 bridgehead atoms. The van der Waals surface area contributed by atoms with E-state index in [1.807, 2.05) is 27.7 Å². The maximum atomic E-state index is 12.1. The largest absolute Gasteiger partial charge is 0.460 e. The zero-order valence-electron chi connectivity index (χ0n) is 20.6. The summed E-state index contributed by atoms with van der Waals surface area (Å²) in [6, 6.07) is 6.02. The van der Waals surface area contributed by atoms with E-state index in [1.54, 1.807) is 0 Å². The number of hydrogen-bond donors (Lipinski definition) is 0. The first-order valence-electron chi connectivity index (χ1n) is 11.6. The maximum Gasteiger partial charge on any atom is 0.338 e. The van der Waals surface area contributed by atoms with Gasteiger partial charge in [0.05, 0.1) is 37.6 Å². The van der Waals surface area contributed by atoms with Gasteiger partial charge in [-0.3, -0.25) is 0 Å². The highest BCUT2D eigenvalue weighted by Crippen LogP contribution is 2.08. The van der Waals surface area contributed by atoms with E-state index in [0.29, 0.717) is 37.6 Å². The third kappa shape index (κ3) is 13.0. The number of hydrogen-bond acceptors (Lipinski definition) is 10. The quantitative estimate of drug-likeness (QED) is 0.155. The predicted octanol–water partition coefficient (Wildman–Crippen LogP) is 2.83. The second kappa shape index (κ2) is 19.2. The van der Waals surface area contributed by atoms with Crippen LogP contribution in [0.4, 0.5) is 0 Å². The summed E-state index contributed by atoms with van der Waals surface area (Å²) in [7, 11) is 0. The van der Waals surface area contributed by atoms with Crippen molar-refractivity contribution in [2.45, 2.75) is 40.3 Å². The van der Waals surface area contributed by atoms with Gasteiger partial charge in [-0.15, -0.1) is 0 Å². The molecule has 0 amide bonds. The third-order valence-corrected chi connectivity index (χ3v) is 4.20. The number of benzene rings is 1. The fourth-order valence-electron chi connectivity index (χ4n) is 2.69. The molecule has 1 rings (SSSR count). The zero-order chi connectivity index (χ0) is 25.0. The summed E-state index contributed by atoms with van der Waals surface area (Å²) in [4.78, 5) is 24.3. The molecule has 1 aromatic rings. The average molecular weight is 487 g/mol. The van der Waals surface area contributed by atoms with Crippen LogP contribution in [-0.4, -0.2) is 90.6 Å². The standard InChI is InChI=1S/C24H38O10/c1-5-29-21(30-6-2)17-27-13-15-33-23(25)19-9-11-20(12-10-19)24(26)34-16-14-28-18-22(31-7-3)32-8-4/h9-12,21-22H,5-8,13-18H2,1-4H3. The molecule has 0 aliphatic carbocycles. The van der Waals surface area contributed by atoms with Crippen LogP contribution in [-0.2, 0) is 37.9 Å². The SMILES string of the molecule is CCOC(COCCOC(=O)c1ccc(C(=O)OCCOCC(OCC)OCC)cc1)OCC. The monoisotopic (exact) mass is 486 g/mol. The van der Waals surface area contributed by atoms with Crippen LogP contribution in [0.25, 0.3) is 0 Å². The summed E-state index contributed by atoms with van der Waals surface area (Å²) in [6.45, 7) is 10.7. The molecule has 1 aromatic carbocycles. The Labute approximate surface area is 201 Å². The van der Waals surface area contributed by atoms with Crippen LogP contribution in [0, 0.1) is 0 Å². The van der Waals surface area contributed by atoms with E-state index in [-0.39, 0.29) is 39.6 Å². The molecule has 0 aromatic heterocycles. The lowest BCUT2D eigenvalue weighted by atomic mass is 10.1. The topological polar surface area (TPSA) is 108 Å². The van der Waals surface area contributed by atoms with Gasteiger partial charge >= 0.3 is 11.9 Å². The minimum atomic E-state index is -0.513. The molecule has 0 heterocycles. The van der Waals surface area contributed by atoms with Crippen LogP contribution >= 0.6 is 0 Å². The van der Waals surface area contributed by atoms with Crippen LogP contribution in [0.5, 0.6) is 0 Å². The predicted molar refractivity (Wildman–Crippen MR) is 123 cm³/mol. The molecule has 0 unspecified atom stereocenters. The summed E-state index contributed by atoms with van der Waals surface area (Å²) in [5, 5.41) is 0. The molecule has 0 aliphatic heterocycles. The number of carbonyl (C=O) groups is 2. The van der Waals surface area contributed by atoms with Crippen molar-refractivity contribution in [1.82, 2.24) is 0 Å². The summed E-state index contributed by atoms with van der Waals surface area (Å²) in [5.74, 6) is -1.03. The van der Waals surface area contributed by atoms with Crippen molar-refractivity contribution in [3.05, 3.63) is 35.4 Å². The van der Waals surface area contributed by atoms with Gasteiger partial charge in [0.15, 0.2) is 12.6 Å². The third-order valence-electron chi connectivity index (χ3n) is 4.20. The Bertz CT molecular complexity index is 595. The number of esters is 2. The van der Waals surface area contributed by atoms with Crippen LogP contribution in [0.3, 0.4) is 0 Å². The van der Waals surface area contributed by atoms with Crippen LogP contribution < -0.4 is 0 Å². The average Bonchev–Trinajstić information content (AvgIpc) is 2.84. The number of rotatable bonds is 20. The molecule has 10 nitrogen and oxygen atoms in total. The van der Waals surface area contributed by atoms with Crippen molar-refractivity contribution in [2.75, 3.05) is 66.1 Å². The first kappa shape index (κ1) is 30.0. The van der Waals surface area contributed by atoms with Gasteiger partial charge in [-0.2, -0.15) is 0 Å². The van der Waals surface area contributed by atoms with Crippen molar-refractivity contribution in [3.8, 4) is 0 Å². The molecular weight excluding hydrogens is 448 g/mol. The molecule has 10 heteroatoms. The lowest BCUT2D eigenvalue weighted by Crippen LogP contribution is -2.24. The zero-order valence-corrected chi connectivity index (χ0v) is 20.6. The van der Waals surface area contributed by atoms with Crippen molar-refractivity contribution < 1.29 is 47.5 Å². The molecule has 0 atom stereocenters. The van der Waals surface area contributed by atoms with Gasteiger partial charge in [0, 0.05) is 26.4 Å². The Morgan fingerprint density at radius 2 is 0.912 bits per heavy atom. The van der Waals surface area contributed by atoms with Crippen LogP contribution in [0.2, 0.25) is 0 Å². The highest BCUT2D eigenvalue weighted by atomic mass is 16.7. The van der Waals surface area contributed by atoms with Crippen LogP contribution in [0.1, 0.15) is 48.4 Å². The Morgan fingerprint density at radius 3 is 1.21 bits per heavy atom. The summed E-state index contributed by atoms with van der Waals surface area (Å²) >= 11 is 0. The van der Waals surface area contributed by atoms with E-state index < -0.39 is 24.5 Å². The molecular formula is C24H38O10. The Morgan fingerprint density at radius 1 is 0.588 bits per heavy atom. The minimum Gasteiger partial charge on any atom is -0.460 e. The molecule has 0 spiro atoms. The van der Waals surface area contributed by atoms with Gasteiger partial charge < -0.3 is 37.9 Å². The second-order valence-electron chi connectivity index (χ2n) is 6.68. The molecule has 0 saturated heterocycles. The van der Waals surface area contributed by atoms with E-state index in [1.165, 1.54) is 24.3 Å². The molecule has 0 aliphatic rings. The number of carbonyl (C=O) groups excluding carboxylic acids is 2. The fourth-order valence-corrected chi connectivity index (χ4v) is 2.69. The first-order chi connectivity index (χ1) is 16.5. The highest BCUT2D eigenvalue weighted by molar-refractivity contribution is 5.93. The van der Waals surface area contributed by atoms with Crippen molar-refractivity contribution in [1.29, 1.82) is 0 Å². The second-order valence-corrected chi connectivity index (χ2v) is 6.68. The summed E-state index contributed by atoms with van der Waals surface area (Å²) in [6.07, 6.45) is -0.877. The van der Waals surface area contributed by atoms with Gasteiger partial charge in [0.1, 0.15) is 13.2 Å². The van der Waals surface area contributed by atoms with Gasteiger partial charge in [0.2, 0.25) is 0 Å². The molecule has 0 saturated carbocycles. The smallest absolute Gasteiger partial charge is 0.338 e. The van der Waals surface area contributed by atoms with E-state index in [9.17, 15) is 9.59 Å². The summed E-state index contributed by atoms with van der Waals surface area (Å²) < 4.78 is 42.6. The summed E-state index contributed by atoms with van der Waals surface area (Å²) in [5.41, 5.74) is 0.638. The van der Waals surface area contributed by atoms with Gasteiger partial charge in [-0.05, 0) is 52.0 Å². The number of ether oxygens (including phenoxy) is 8. The molecule has 34 heavy (non-hydrogen) atoms. The maximum absolute atomic E-state index is 12.1. The van der Waals surface area contributed by atoms with Gasteiger partial charge in [-0.25, -0.2) is 9.59 Å². The lowest BCUT2D eigenvalue weighted by molar-refractivity contribution is -0.168. The van der Waals surface area contributed by atoms with Crippen molar-refractivity contribution >= 4 is 11.9 Å². The molecule has 0 radical (unpaired) electrons. The van der Waals surface area contributed by atoms with Gasteiger partial charge in [-0.1, -0.05) is 0 Å². The van der Waals surface area contributed by atoms with E-state index >= 15 is 0 Å². The van der Waals surface area contributed by atoms with E-state index in [0.717, 1.165) is 0 Å². The Kier molecular flexibility index (Phi) is 17.0. The van der Waals surface area contributed by atoms with Crippen molar-refractivity contribution in [2.24, 2.45) is 0 Å². The van der Waals surface area contributed by atoms with E-state index in [4.69, 9.17) is 37.9 Å². The lowest BCUT2D eigenvalue weighted by Gasteiger charge is -2.16. The van der Waals surface area contributed by atoms with Gasteiger partial charge in [0.25, 0.3) is 0 Å². The fraction of sp³-hybridized carbons (Fsp3) is 0.667. The molecule has 194 valence electrons. The molecule has 0 fully saturated rings.